The minimum Gasteiger partial charge on any atom is -0.497 e. The second-order valence-electron chi connectivity index (χ2n) is 5.72. The summed E-state index contributed by atoms with van der Waals surface area (Å²) in [4.78, 5) is 4.38. The van der Waals surface area contributed by atoms with Gasteiger partial charge in [-0.05, 0) is 36.4 Å². The van der Waals surface area contributed by atoms with Crippen LogP contribution in [0.4, 0.5) is 0 Å². The molecule has 0 amide bonds. The zero-order chi connectivity index (χ0) is 19.5. The molecule has 2 aromatic heterocycles. The number of hydrogen-bond donors (Lipinski definition) is 1. The molecule has 0 saturated heterocycles. The number of halogens is 1. The topological polar surface area (TPSA) is 105 Å². The van der Waals surface area contributed by atoms with Crippen molar-refractivity contribution in [3.05, 3.63) is 59.4 Å². The van der Waals surface area contributed by atoms with E-state index in [1.54, 1.807) is 19.2 Å². The van der Waals surface area contributed by atoms with Gasteiger partial charge in [-0.15, -0.1) is 10.2 Å². The Labute approximate surface area is 169 Å². The van der Waals surface area contributed by atoms with Crippen molar-refractivity contribution in [2.45, 2.75) is 10.9 Å². The van der Waals surface area contributed by atoms with Crippen LogP contribution in [0.1, 0.15) is 5.89 Å². The van der Waals surface area contributed by atoms with Crippen molar-refractivity contribution in [2.24, 2.45) is 0 Å². The predicted molar refractivity (Wildman–Crippen MR) is 106 cm³/mol. The lowest BCUT2D eigenvalue weighted by molar-refractivity contribution is 0.391. The van der Waals surface area contributed by atoms with Gasteiger partial charge in [0.1, 0.15) is 5.75 Å². The normalized spacial score (nSPS) is 10.9. The van der Waals surface area contributed by atoms with Gasteiger partial charge in [-0.25, -0.2) is 4.68 Å². The lowest BCUT2D eigenvalue weighted by Gasteiger charge is -2.04. The van der Waals surface area contributed by atoms with E-state index in [1.807, 2.05) is 36.4 Å². The van der Waals surface area contributed by atoms with E-state index in [0.717, 1.165) is 16.9 Å². The molecule has 0 aliphatic carbocycles. The molecule has 0 atom stereocenters. The monoisotopic (exact) mass is 414 g/mol. The van der Waals surface area contributed by atoms with Crippen LogP contribution in [0.3, 0.4) is 0 Å². The molecule has 28 heavy (non-hydrogen) atoms. The van der Waals surface area contributed by atoms with Gasteiger partial charge in [0.15, 0.2) is 5.82 Å². The molecule has 0 fully saturated rings. The van der Waals surface area contributed by atoms with E-state index in [1.165, 1.54) is 16.4 Å². The first kappa shape index (κ1) is 18.3. The second kappa shape index (κ2) is 7.91. The van der Waals surface area contributed by atoms with Crippen molar-refractivity contribution in [3.8, 4) is 28.5 Å². The lowest BCUT2D eigenvalue weighted by atomic mass is 10.2. The molecule has 4 aromatic rings. The molecule has 2 aromatic carbocycles. The maximum Gasteiger partial charge on any atom is 0.237 e. The average Bonchev–Trinajstić information content (AvgIpc) is 3.33. The molecule has 0 radical (unpaired) electrons. The zero-order valence-corrected chi connectivity index (χ0v) is 16.3. The molecule has 0 bridgehead atoms. The fraction of sp³-hybridized carbons (Fsp3) is 0.111. The SMILES string of the molecule is COc1ccc(-c2nnc(SCc3nc(-c4cccc(Cl)c4)no3)n2N)cc1. The molecule has 0 spiro atoms. The smallest absolute Gasteiger partial charge is 0.237 e. The first-order chi connectivity index (χ1) is 13.6. The van der Waals surface area contributed by atoms with Crippen LogP contribution < -0.4 is 10.6 Å². The van der Waals surface area contributed by atoms with E-state index in [4.69, 9.17) is 26.7 Å². The van der Waals surface area contributed by atoms with Gasteiger partial charge in [0, 0.05) is 16.1 Å². The number of methoxy groups -OCH3 is 1. The first-order valence-electron chi connectivity index (χ1n) is 8.20. The van der Waals surface area contributed by atoms with Crippen molar-refractivity contribution in [2.75, 3.05) is 13.0 Å². The average molecular weight is 415 g/mol. The van der Waals surface area contributed by atoms with Crippen molar-refractivity contribution >= 4 is 23.4 Å². The molecule has 2 heterocycles. The Balaban J connectivity index is 1.46. The molecule has 142 valence electrons. The molecule has 4 rings (SSSR count). The van der Waals surface area contributed by atoms with Gasteiger partial charge in [0.25, 0.3) is 0 Å². The number of aromatic nitrogens is 5. The molecule has 0 aliphatic heterocycles. The van der Waals surface area contributed by atoms with Crippen LogP contribution in [-0.2, 0) is 5.75 Å². The minimum atomic E-state index is 0.408. The summed E-state index contributed by atoms with van der Waals surface area (Å²) in [6.07, 6.45) is 0. The Hall–Kier alpha value is -3.04. The van der Waals surface area contributed by atoms with E-state index in [9.17, 15) is 0 Å². The first-order valence-corrected chi connectivity index (χ1v) is 9.56. The van der Waals surface area contributed by atoms with Crippen LogP contribution in [-0.4, -0.2) is 32.1 Å². The maximum atomic E-state index is 6.14. The minimum absolute atomic E-state index is 0.408. The van der Waals surface area contributed by atoms with Crippen LogP contribution in [0.25, 0.3) is 22.8 Å². The van der Waals surface area contributed by atoms with Crippen LogP contribution in [0.2, 0.25) is 5.02 Å². The number of benzene rings is 2. The number of thioether (sulfide) groups is 1. The van der Waals surface area contributed by atoms with E-state index in [-0.39, 0.29) is 0 Å². The summed E-state index contributed by atoms with van der Waals surface area (Å²) in [5.74, 6) is 8.79. The van der Waals surface area contributed by atoms with Gasteiger partial charge >= 0.3 is 0 Å². The molecule has 8 nitrogen and oxygen atoms in total. The Morgan fingerprint density at radius 2 is 1.96 bits per heavy atom. The van der Waals surface area contributed by atoms with Crippen LogP contribution in [0.5, 0.6) is 5.75 Å². The lowest BCUT2D eigenvalue weighted by Crippen LogP contribution is -2.11. The number of ether oxygens (including phenoxy) is 1. The molecular weight excluding hydrogens is 400 g/mol. The highest BCUT2D eigenvalue weighted by atomic mass is 35.5. The predicted octanol–water partition coefficient (Wildman–Crippen LogP) is 3.66. The highest BCUT2D eigenvalue weighted by Gasteiger charge is 2.15. The summed E-state index contributed by atoms with van der Waals surface area (Å²) in [6.45, 7) is 0. The fourth-order valence-electron chi connectivity index (χ4n) is 2.50. The summed E-state index contributed by atoms with van der Waals surface area (Å²) in [5.41, 5.74) is 1.62. The van der Waals surface area contributed by atoms with Crippen molar-refractivity contribution in [1.29, 1.82) is 0 Å². The highest BCUT2D eigenvalue weighted by molar-refractivity contribution is 7.98. The molecule has 0 aliphatic rings. The maximum absolute atomic E-state index is 6.14. The Kier molecular flexibility index (Phi) is 5.18. The van der Waals surface area contributed by atoms with Gasteiger partial charge in [-0.2, -0.15) is 4.98 Å². The van der Waals surface area contributed by atoms with Crippen LogP contribution in [0, 0.1) is 0 Å². The van der Waals surface area contributed by atoms with Gasteiger partial charge in [-0.3, -0.25) is 0 Å². The Bertz CT molecular complexity index is 1100. The number of nitrogens with zero attached hydrogens (tertiary/aromatic N) is 5. The number of rotatable bonds is 6. The Morgan fingerprint density at radius 1 is 1.14 bits per heavy atom. The van der Waals surface area contributed by atoms with Gasteiger partial charge in [0.2, 0.25) is 16.9 Å². The summed E-state index contributed by atoms with van der Waals surface area (Å²) in [7, 11) is 1.62. The van der Waals surface area contributed by atoms with Crippen molar-refractivity contribution in [3.63, 3.8) is 0 Å². The van der Waals surface area contributed by atoms with Crippen molar-refractivity contribution in [1.82, 2.24) is 25.0 Å². The summed E-state index contributed by atoms with van der Waals surface area (Å²) >= 11 is 7.35. The molecular formula is C18H15ClN6O2S. The van der Waals surface area contributed by atoms with E-state index < -0.39 is 0 Å². The summed E-state index contributed by atoms with van der Waals surface area (Å²) < 4.78 is 11.9. The fourth-order valence-corrected chi connectivity index (χ4v) is 3.38. The van der Waals surface area contributed by atoms with Gasteiger partial charge in [0.05, 0.1) is 12.9 Å². The second-order valence-corrected chi connectivity index (χ2v) is 7.09. The number of nitrogens with two attached hydrogens (primary N) is 1. The number of hydrogen-bond acceptors (Lipinski definition) is 8. The summed E-state index contributed by atoms with van der Waals surface area (Å²) in [6, 6.07) is 14.7. The van der Waals surface area contributed by atoms with Crippen LogP contribution in [0.15, 0.2) is 58.2 Å². The third-order valence-electron chi connectivity index (χ3n) is 3.89. The highest BCUT2D eigenvalue weighted by Crippen LogP contribution is 2.26. The number of nitrogen functional groups attached to an aromatic ring is 1. The van der Waals surface area contributed by atoms with E-state index in [2.05, 4.69) is 20.3 Å². The molecule has 0 unspecified atom stereocenters. The van der Waals surface area contributed by atoms with Crippen LogP contribution >= 0.6 is 23.4 Å². The standard InChI is InChI=1S/C18H15ClN6O2S/c1-26-14-7-5-11(6-8-14)17-22-23-18(25(17)20)28-10-15-21-16(24-27-15)12-3-2-4-13(19)9-12/h2-9H,10,20H2,1H3. The molecule has 0 saturated carbocycles. The Morgan fingerprint density at radius 3 is 2.71 bits per heavy atom. The zero-order valence-electron chi connectivity index (χ0n) is 14.7. The van der Waals surface area contributed by atoms with E-state index >= 15 is 0 Å². The largest absolute Gasteiger partial charge is 0.497 e. The van der Waals surface area contributed by atoms with Crippen molar-refractivity contribution < 1.29 is 9.26 Å². The van der Waals surface area contributed by atoms with Gasteiger partial charge < -0.3 is 15.1 Å². The third kappa shape index (κ3) is 3.80. The summed E-state index contributed by atoms with van der Waals surface area (Å²) in [5, 5.41) is 13.4. The third-order valence-corrected chi connectivity index (χ3v) is 5.05. The quantitative estimate of drug-likeness (QED) is 0.376. The molecule has 10 heteroatoms. The van der Waals surface area contributed by atoms with E-state index in [0.29, 0.717) is 33.5 Å². The molecule has 2 N–H and O–H groups in total. The van der Waals surface area contributed by atoms with Gasteiger partial charge in [-0.1, -0.05) is 40.7 Å².